The van der Waals surface area contributed by atoms with Gasteiger partial charge in [-0.1, -0.05) is 43.9 Å². The molecular weight excluding hydrogens is 254 g/mol. The fourth-order valence-electron chi connectivity index (χ4n) is 1.93. The second kappa shape index (κ2) is 6.68. The molecule has 0 fully saturated rings. The summed E-state index contributed by atoms with van der Waals surface area (Å²) in [6.07, 6.45) is 0.895. The lowest BCUT2D eigenvalue weighted by molar-refractivity contribution is 0.157. The Morgan fingerprint density at radius 2 is 2.24 bits per heavy atom. The normalized spacial score (nSPS) is 17.1. The van der Waals surface area contributed by atoms with Crippen molar-refractivity contribution in [3.63, 3.8) is 0 Å². The van der Waals surface area contributed by atoms with Gasteiger partial charge in [0.2, 0.25) is 0 Å². The fourth-order valence-corrected chi connectivity index (χ4v) is 3.94. The smallest absolute Gasteiger partial charge is 0.174 e. The van der Waals surface area contributed by atoms with Gasteiger partial charge in [-0.3, -0.25) is 0 Å². The molecule has 0 aliphatic carbocycles. The van der Waals surface area contributed by atoms with Gasteiger partial charge in [0.25, 0.3) is 0 Å². The van der Waals surface area contributed by atoms with Gasteiger partial charge in [-0.25, -0.2) is 0 Å². The third kappa shape index (κ3) is 5.33. The lowest BCUT2D eigenvalue weighted by Crippen LogP contribution is -2.50. The minimum atomic E-state index is -0.231. The standard InChI is InChI=1S/C11H21N3OS2/c1-8(2)13-11(4,6-15)5-9(3)17-10-14-12-7-16-10/h7-9,13,15H,5-6H2,1-4H3. The number of nitrogens with zero attached hydrogens (tertiary/aromatic N) is 2. The molecule has 0 saturated heterocycles. The Bertz CT molecular complexity index is 319. The van der Waals surface area contributed by atoms with E-state index in [4.69, 9.17) is 0 Å². The van der Waals surface area contributed by atoms with Crippen molar-refractivity contribution in [2.45, 2.75) is 55.3 Å². The molecule has 4 nitrogen and oxygen atoms in total. The molecule has 0 spiro atoms. The number of hydrogen-bond acceptors (Lipinski definition) is 6. The third-order valence-corrected chi connectivity index (χ3v) is 4.28. The Labute approximate surface area is 111 Å². The van der Waals surface area contributed by atoms with E-state index in [2.05, 4.69) is 43.2 Å². The van der Waals surface area contributed by atoms with Crippen LogP contribution in [0.4, 0.5) is 0 Å². The molecule has 0 saturated carbocycles. The van der Waals surface area contributed by atoms with Gasteiger partial charge in [-0.15, -0.1) is 10.2 Å². The number of hydrogen-bond donors (Lipinski definition) is 2. The van der Waals surface area contributed by atoms with Crippen LogP contribution in [-0.2, 0) is 0 Å². The van der Waals surface area contributed by atoms with Crippen molar-refractivity contribution >= 4 is 23.1 Å². The van der Waals surface area contributed by atoms with Crippen molar-refractivity contribution in [2.24, 2.45) is 0 Å². The molecule has 17 heavy (non-hydrogen) atoms. The van der Waals surface area contributed by atoms with Gasteiger partial charge < -0.3 is 10.4 Å². The Kier molecular flexibility index (Phi) is 5.85. The monoisotopic (exact) mass is 275 g/mol. The largest absolute Gasteiger partial charge is 0.394 e. The Hall–Kier alpha value is -0.170. The lowest BCUT2D eigenvalue weighted by atomic mass is 9.96. The highest BCUT2D eigenvalue weighted by atomic mass is 32.2. The predicted molar refractivity (Wildman–Crippen MR) is 73.6 cm³/mol. The van der Waals surface area contributed by atoms with E-state index in [0.29, 0.717) is 11.3 Å². The first-order valence-corrected chi connectivity index (χ1v) is 7.52. The Morgan fingerprint density at radius 1 is 1.53 bits per heavy atom. The number of nitrogens with one attached hydrogen (secondary N) is 1. The van der Waals surface area contributed by atoms with Gasteiger partial charge >= 0.3 is 0 Å². The molecule has 1 rings (SSSR count). The first kappa shape index (κ1) is 14.9. The molecule has 98 valence electrons. The van der Waals surface area contributed by atoms with Crippen LogP contribution in [0, 0.1) is 0 Å². The Morgan fingerprint density at radius 3 is 2.71 bits per heavy atom. The topological polar surface area (TPSA) is 58.0 Å². The van der Waals surface area contributed by atoms with Crippen molar-refractivity contribution < 1.29 is 5.11 Å². The van der Waals surface area contributed by atoms with Crippen molar-refractivity contribution in [1.29, 1.82) is 0 Å². The lowest BCUT2D eigenvalue weighted by Gasteiger charge is -2.33. The third-order valence-electron chi connectivity index (χ3n) is 2.37. The average molecular weight is 275 g/mol. The summed E-state index contributed by atoms with van der Waals surface area (Å²) in [7, 11) is 0. The maximum absolute atomic E-state index is 9.51. The van der Waals surface area contributed by atoms with Crippen molar-refractivity contribution in [1.82, 2.24) is 15.5 Å². The van der Waals surface area contributed by atoms with Crippen LogP contribution in [0.15, 0.2) is 9.85 Å². The van der Waals surface area contributed by atoms with Crippen LogP contribution in [0.25, 0.3) is 0 Å². The summed E-state index contributed by atoms with van der Waals surface area (Å²) < 4.78 is 0.988. The second-order valence-electron chi connectivity index (χ2n) is 4.86. The molecule has 2 N–H and O–H groups in total. The van der Waals surface area contributed by atoms with Crippen LogP contribution >= 0.6 is 23.1 Å². The maximum Gasteiger partial charge on any atom is 0.174 e. The summed E-state index contributed by atoms with van der Waals surface area (Å²) in [5, 5.41) is 21.2. The summed E-state index contributed by atoms with van der Waals surface area (Å²) in [5.41, 5.74) is 1.51. The molecule has 0 radical (unpaired) electrons. The molecule has 2 unspecified atom stereocenters. The summed E-state index contributed by atoms with van der Waals surface area (Å²) in [4.78, 5) is 0. The molecule has 6 heteroatoms. The summed E-state index contributed by atoms with van der Waals surface area (Å²) >= 11 is 3.27. The van der Waals surface area contributed by atoms with E-state index in [9.17, 15) is 5.11 Å². The number of aliphatic hydroxyl groups is 1. The number of aliphatic hydroxyl groups excluding tert-OH is 1. The summed E-state index contributed by atoms with van der Waals surface area (Å²) in [6.45, 7) is 8.55. The molecular formula is C11H21N3OS2. The minimum Gasteiger partial charge on any atom is -0.394 e. The molecule has 0 amide bonds. The zero-order valence-corrected chi connectivity index (χ0v) is 12.4. The number of aromatic nitrogens is 2. The Balaban J connectivity index is 2.49. The predicted octanol–water partition coefficient (Wildman–Crippen LogP) is 2.16. The van der Waals surface area contributed by atoms with E-state index >= 15 is 0 Å². The number of thioether (sulfide) groups is 1. The molecule has 0 aromatic carbocycles. The second-order valence-corrected chi connectivity index (χ2v) is 7.37. The highest BCUT2D eigenvalue weighted by molar-refractivity contribution is 8.01. The molecule has 1 aromatic heterocycles. The van der Waals surface area contributed by atoms with Crippen LogP contribution in [0.3, 0.4) is 0 Å². The molecule has 1 heterocycles. The van der Waals surface area contributed by atoms with Crippen LogP contribution < -0.4 is 5.32 Å². The fraction of sp³-hybridized carbons (Fsp3) is 0.818. The molecule has 0 aliphatic rings. The van der Waals surface area contributed by atoms with Crippen molar-refractivity contribution in [2.75, 3.05) is 6.61 Å². The zero-order chi connectivity index (χ0) is 12.9. The first-order valence-electron chi connectivity index (χ1n) is 5.76. The van der Waals surface area contributed by atoms with E-state index in [1.54, 1.807) is 28.6 Å². The van der Waals surface area contributed by atoms with Gasteiger partial charge in [0, 0.05) is 16.8 Å². The van der Waals surface area contributed by atoms with E-state index in [0.717, 1.165) is 10.8 Å². The summed E-state index contributed by atoms with van der Waals surface area (Å²) in [5.74, 6) is 0. The maximum atomic E-state index is 9.51. The van der Waals surface area contributed by atoms with E-state index in [1.165, 1.54) is 0 Å². The highest BCUT2D eigenvalue weighted by Crippen LogP contribution is 2.29. The molecule has 1 aromatic rings. The molecule has 2 atom stereocenters. The quantitative estimate of drug-likeness (QED) is 0.747. The van der Waals surface area contributed by atoms with Crippen LogP contribution in [0.1, 0.15) is 34.1 Å². The zero-order valence-electron chi connectivity index (χ0n) is 10.8. The van der Waals surface area contributed by atoms with Crippen LogP contribution in [-0.4, -0.2) is 38.7 Å². The van der Waals surface area contributed by atoms with E-state index < -0.39 is 0 Å². The van der Waals surface area contributed by atoms with Gasteiger partial charge in [0.15, 0.2) is 4.34 Å². The van der Waals surface area contributed by atoms with Crippen molar-refractivity contribution in [3.05, 3.63) is 5.51 Å². The first-order chi connectivity index (χ1) is 7.95. The minimum absolute atomic E-state index is 0.145. The van der Waals surface area contributed by atoms with Gasteiger partial charge in [-0.2, -0.15) is 0 Å². The van der Waals surface area contributed by atoms with Crippen molar-refractivity contribution in [3.8, 4) is 0 Å². The van der Waals surface area contributed by atoms with Gasteiger partial charge in [0.1, 0.15) is 5.51 Å². The average Bonchev–Trinajstić information content (AvgIpc) is 2.68. The van der Waals surface area contributed by atoms with Crippen LogP contribution in [0.2, 0.25) is 0 Å². The SMILES string of the molecule is CC(C)NC(C)(CO)CC(C)Sc1nncs1. The highest BCUT2D eigenvalue weighted by Gasteiger charge is 2.27. The summed E-state index contributed by atoms with van der Waals surface area (Å²) in [6, 6.07) is 0.367. The number of rotatable bonds is 7. The van der Waals surface area contributed by atoms with Crippen LogP contribution in [0.5, 0.6) is 0 Å². The molecule has 0 aliphatic heterocycles. The van der Waals surface area contributed by atoms with E-state index in [-0.39, 0.29) is 12.1 Å². The van der Waals surface area contributed by atoms with Gasteiger partial charge in [0.05, 0.1) is 6.61 Å². The van der Waals surface area contributed by atoms with E-state index in [1.807, 2.05) is 0 Å². The van der Waals surface area contributed by atoms with Gasteiger partial charge in [-0.05, 0) is 13.3 Å². The molecule has 0 bridgehead atoms.